The third-order valence-electron chi connectivity index (χ3n) is 3.70. The number of aromatic nitrogens is 1. The number of likely N-dealkylation sites (tertiary alicyclic amines) is 1. The topological polar surface area (TPSA) is 73.7 Å². The lowest BCUT2D eigenvalue weighted by Crippen LogP contribution is -2.37. The average Bonchev–Trinajstić information content (AvgIpc) is 2.79. The Bertz CT molecular complexity index is 481. The number of aliphatic hydroxyl groups is 2. The van der Waals surface area contributed by atoms with Crippen LogP contribution in [0.15, 0.2) is 9.72 Å². The highest BCUT2D eigenvalue weighted by Gasteiger charge is 2.30. The van der Waals surface area contributed by atoms with Gasteiger partial charge in [0.2, 0.25) is 5.91 Å². The van der Waals surface area contributed by atoms with Crippen molar-refractivity contribution >= 4 is 29.0 Å². The molecular weight excluding hydrogens is 308 g/mol. The molecule has 21 heavy (non-hydrogen) atoms. The first-order valence-corrected chi connectivity index (χ1v) is 9.11. The molecule has 0 aliphatic carbocycles. The Hall–Kier alpha value is -0.630. The molecule has 1 amide bonds. The third-order valence-corrected chi connectivity index (χ3v) is 5.65. The van der Waals surface area contributed by atoms with E-state index in [-0.39, 0.29) is 12.5 Å². The van der Waals surface area contributed by atoms with Gasteiger partial charge in [0.15, 0.2) is 0 Å². The molecule has 2 heterocycles. The number of aliphatic hydroxyl groups excluding tert-OH is 1. The van der Waals surface area contributed by atoms with Crippen molar-refractivity contribution in [3.63, 3.8) is 0 Å². The monoisotopic (exact) mass is 330 g/mol. The van der Waals surface area contributed by atoms with Gasteiger partial charge < -0.3 is 15.1 Å². The Labute approximate surface area is 133 Å². The highest BCUT2D eigenvalue weighted by Crippen LogP contribution is 2.24. The van der Waals surface area contributed by atoms with Gasteiger partial charge in [0.05, 0.1) is 24.3 Å². The molecule has 1 aliphatic heterocycles. The van der Waals surface area contributed by atoms with Crippen LogP contribution in [0.3, 0.4) is 0 Å². The summed E-state index contributed by atoms with van der Waals surface area (Å²) < 4.78 is 1.01. The van der Waals surface area contributed by atoms with Gasteiger partial charge in [0.25, 0.3) is 0 Å². The predicted octanol–water partition coefficient (Wildman–Crippen LogP) is 1.53. The van der Waals surface area contributed by atoms with Gasteiger partial charge in [-0.05, 0) is 25.0 Å². The first kappa shape index (κ1) is 16.7. The molecule has 118 valence electrons. The second-order valence-electron chi connectivity index (χ2n) is 5.33. The summed E-state index contributed by atoms with van der Waals surface area (Å²) in [6.45, 7) is 2.98. The molecule has 2 rings (SSSR count). The van der Waals surface area contributed by atoms with Crippen LogP contribution in [-0.2, 0) is 11.2 Å². The van der Waals surface area contributed by atoms with E-state index >= 15 is 0 Å². The molecule has 2 N–H and O–H groups in total. The van der Waals surface area contributed by atoms with Crippen LogP contribution in [0, 0.1) is 0 Å². The zero-order valence-electron chi connectivity index (χ0n) is 12.2. The summed E-state index contributed by atoms with van der Waals surface area (Å²) >= 11 is 3.26. The molecule has 0 bridgehead atoms. The van der Waals surface area contributed by atoms with Crippen molar-refractivity contribution in [1.29, 1.82) is 0 Å². The van der Waals surface area contributed by atoms with Gasteiger partial charge in [-0.25, -0.2) is 4.98 Å². The Balaban J connectivity index is 1.90. The molecule has 0 spiro atoms. The van der Waals surface area contributed by atoms with Crippen molar-refractivity contribution in [2.24, 2.45) is 0 Å². The lowest BCUT2D eigenvalue weighted by Gasteiger charge is -2.24. The van der Waals surface area contributed by atoms with E-state index in [9.17, 15) is 15.0 Å². The number of carbonyl (C=O) groups is 1. The molecule has 0 radical (unpaired) electrons. The quantitative estimate of drug-likeness (QED) is 0.801. The van der Waals surface area contributed by atoms with Crippen LogP contribution in [0.5, 0.6) is 0 Å². The smallest absolute Gasteiger partial charge is 0.228 e. The summed E-state index contributed by atoms with van der Waals surface area (Å²) in [5.41, 5.74) is -0.205. The zero-order chi connectivity index (χ0) is 15.3. The molecule has 1 aliphatic rings. The normalized spacial score (nSPS) is 23.1. The van der Waals surface area contributed by atoms with Crippen LogP contribution < -0.4 is 0 Å². The van der Waals surface area contributed by atoms with Gasteiger partial charge in [-0.2, -0.15) is 0 Å². The minimum Gasteiger partial charge on any atom is -0.393 e. The van der Waals surface area contributed by atoms with Crippen LogP contribution in [0.2, 0.25) is 0 Å². The minimum atomic E-state index is -1.03. The first-order valence-electron chi connectivity index (χ1n) is 7.24. The summed E-state index contributed by atoms with van der Waals surface area (Å²) in [4.78, 5) is 18.6. The molecule has 1 aromatic rings. The van der Waals surface area contributed by atoms with Crippen molar-refractivity contribution in [3.05, 3.63) is 11.1 Å². The minimum absolute atomic E-state index is 0.0514. The van der Waals surface area contributed by atoms with Gasteiger partial charge in [0.1, 0.15) is 4.34 Å². The zero-order valence-corrected chi connectivity index (χ0v) is 13.9. The standard InChI is InChI=1S/C14H22N2O3S2/c1-2-20-13-15-11(9-21-13)8-12(18)16-6-3-4-14(19,10-17)5-7-16/h9,17,19H,2-8,10H2,1H3/t14-/m0/s1. The lowest BCUT2D eigenvalue weighted by atomic mass is 9.96. The number of rotatable bonds is 5. The van der Waals surface area contributed by atoms with Crippen LogP contribution in [0.4, 0.5) is 0 Å². The SMILES string of the molecule is CCSc1nc(CC(=O)N2CCC[C@@](O)(CO)CC2)cs1. The number of amides is 1. The highest BCUT2D eigenvalue weighted by atomic mass is 32.2. The number of carbonyl (C=O) groups excluding carboxylic acids is 1. The third kappa shape index (κ3) is 4.67. The largest absolute Gasteiger partial charge is 0.393 e. The van der Waals surface area contributed by atoms with E-state index in [1.165, 1.54) is 0 Å². The molecule has 1 aromatic heterocycles. The second kappa shape index (κ2) is 7.58. The molecule has 1 saturated heterocycles. The van der Waals surface area contributed by atoms with Gasteiger partial charge in [-0.15, -0.1) is 11.3 Å². The second-order valence-corrected chi connectivity index (χ2v) is 7.70. The van der Waals surface area contributed by atoms with Crippen molar-refractivity contribution in [2.75, 3.05) is 25.4 Å². The van der Waals surface area contributed by atoms with Crippen molar-refractivity contribution < 1.29 is 15.0 Å². The summed E-state index contributed by atoms with van der Waals surface area (Å²) in [5, 5.41) is 21.3. The molecule has 1 atom stereocenters. The lowest BCUT2D eigenvalue weighted by molar-refractivity contribution is -0.130. The fourth-order valence-corrected chi connectivity index (χ4v) is 4.15. The maximum Gasteiger partial charge on any atom is 0.228 e. The summed E-state index contributed by atoms with van der Waals surface area (Å²) in [5.74, 6) is 1.03. The Morgan fingerprint density at radius 1 is 1.52 bits per heavy atom. The fourth-order valence-electron chi connectivity index (χ4n) is 2.41. The molecular formula is C14H22N2O3S2. The van der Waals surface area contributed by atoms with Crippen molar-refractivity contribution in [1.82, 2.24) is 9.88 Å². The molecule has 7 heteroatoms. The van der Waals surface area contributed by atoms with Gasteiger partial charge in [-0.3, -0.25) is 4.79 Å². The van der Waals surface area contributed by atoms with Crippen LogP contribution in [0.25, 0.3) is 0 Å². The van der Waals surface area contributed by atoms with E-state index in [0.29, 0.717) is 32.4 Å². The van der Waals surface area contributed by atoms with E-state index in [1.807, 2.05) is 5.38 Å². The van der Waals surface area contributed by atoms with Crippen LogP contribution in [0.1, 0.15) is 31.9 Å². The van der Waals surface area contributed by atoms with E-state index in [2.05, 4.69) is 11.9 Å². The maximum atomic E-state index is 12.3. The highest BCUT2D eigenvalue weighted by molar-refractivity contribution is 8.00. The molecule has 0 saturated carbocycles. The van der Waals surface area contributed by atoms with Crippen LogP contribution >= 0.6 is 23.1 Å². The Morgan fingerprint density at radius 2 is 2.33 bits per heavy atom. The predicted molar refractivity (Wildman–Crippen MR) is 84.7 cm³/mol. The van der Waals surface area contributed by atoms with E-state index < -0.39 is 5.60 Å². The number of thiazole rings is 1. The van der Waals surface area contributed by atoms with Gasteiger partial charge in [0, 0.05) is 18.5 Å². The molecule has 1 fully saturated rings. The molecule has 0 unspecified atom stereocenters. The fraction of sp³-hybridized carbons (Fsp3) is 0.714. The van der Waals surface area contributed by atoms with E-state index in [4.69, 9.17) is 0 Å². The molecule has 0 aromatic carbocycles. The summed E-state index contributed by atoms with van der Waals surface area (Å²) in [6, 6.07) is 0. The summed E-state index contributed by atoms with van der Waals surface area (Å²) in [7, 11) is 0. The molecule has 5 nitrogen and oxygen atoms in total. The van der Waals surface area contributed by atoms with E-state index in [0.717, 1.165) is 22.2 Å². The van der Waals surface area contributed by atoms with Crippen molar-refractivity contribution in [2.45, 2.75) is 42.5 Å². The Morgan fingerprint density at radius 3 is 3.05 bits per heavy atom. The number of nitrogens with zero attached hydrogens (tertiary/aromatic N) is 2. The van der Waals surface area contributed by atoms with Crippen LogP contribution in [-0.4, -0.2) is 57.1 Å². The number of thioether (sulfide) groups is 1. The summed E-state index contributed by atoms with van der Waals surface area (Å²) in [6.07, 6.45) is 2.01. The van der Waals surface area contributed by atoms with Gasteiger partial charge >= 0.3 is 0 Å². The van der Waals surface area contributed by atoms with E-state index in [1.54, 1.807) is 28.0 Å². The number of hydrogen-bond donors (Lipinski definition) is 2. The maximum absolute atomic E-state index is 12.3. The Kier molecular flexibility index (Phi) is 6.04. The average molecular weight is 330 g/mol. The van der Waals surface area contributed by atoms with Gasteiger partial charge in [-0.1, -0.05) is 18.7 Å². The van der Waals surface area contributed by atoms with Crippen molar-refractivity contribution in [3.8, 4) is 0 Å². The first-order chi connectivity index (χ1) is 10.1. The number of hydrogen-bond acceptors (Lipinski definition) is 6.